The van der Waals surface area contributed by atoms with E-state index in [4.69, 9.17) is 0 Å². The van der Waals surface area contributed by atoms with Gasteiger partial charge in [0.15, 0.2) is 0 Å². The number of sulfonamides is 1. The molecule has 170 valence electrons. The zero-order valence-electron chi connectivity index (χ0n) is 16.6. The monoisotopic (exact) mass is 635 g/mol. The summed E-state index contributed by atoms with van der Waals surface area (Å²) >= 11 is 5.53. The Hall–Kier alpha value is -1.87. The van der Waals surface area contributed by atoms with E-state index in [1.165, 1.54) is 36.4 Å². The molecule has 4 N–H and O–H groups in total. The summed E-state index contributed by atoms with van der Waals surface area (Å²) in [5.41, 5.74) is 1.12. The lowest BCUT2D eigenvalue weighted by molar-refractivity contribution is 0.284. The second kappa shape index (κ2) is 11.3. The number of alkyl halides is 1. The number of halogens is 3. The van der Waals surface area contributed by atoms with E-state index < -0.39 is 10.0 Å². The van der Waals surface area contributed by atoms with E-state index >= 15 is 0 Å². The molecule has 0 saturated carbocycles. The molecule has 0 aliphatic carbocycles. The van der Waals surface area contributed by atoms with Gasteiger partial charge in [-0.1, -0.05) is 40.8 Å². The number of hydrogen-bond donors (Lipinski definition) is 4. The molecule has 0 unspecified atom stereocenters. The Kier molecular flexibility index (Phi) is 8.76. The fourth-order valence-corrected chi connectivity index (χ4v) is 4.46. The summed E-state index contributed by atoms with van der Waals surface area (Å²) in [4.78, 5) is 8.65. The van der Waals surface area contributed by atoms with Crippen molar-refractivity contribution in [3.05, 3.63) is 70.6 Å². The Morgan fingerprint density at radius 2 is 1.94 bits per heavy atom. The van der Waals surface area contributed by atoms with E-state index in [2.05, 4.69) is 63.8 Å². The van der Waals surface area contributed by atoms with E-state index in [0.717, 1.165) is 0 Å². The normalized spacial score (nSPS) is 12.4. The molecule has 2 aromatic carbocycles. The number of aromatic nitrogens is 2. The number of nitrogens with zero attached hydrogens (tertiary/aromatic N) is 2. The Bertz CT molecular complexity index is 1160. The maximum absolute atomic E-state index is 13.0. The fourth-order valence-electron chi connectivity index (χ4n) is 2.59. The fraction of sp³-hybridized carbons (Fsp3) is 0.200. The van der Waals surface area contributed by atoms with Gasteiger partial charge in [0.2, 0.25) is 16.0 Å². The Morgan fingerprint density at radius 1 is 1.19 bits per heavy atom. The Labute approximate surface area is 207 Å². The molecule has 1 atom stereocenters. The van der Waals surface area contributed by atoms with Crippen LogP contribution in [0.2, 0.25) is 0 Å². The van der Waals surface area contributed by atoms with Gasteiger partial charge in [-0.25, -0.2) is 22.5 Å². The first kappa shape index (κ1) is 24.8. The van der Waals surface area contributed by atoms with Crippen LogP contribution in [0.15, 0.2) is 64.1 Å². The van der Waals surface area contributed by atoms with Gasteiger partial charge in [-0.05, 0) is 51.8 Å². The number of aliphatic hydroxyl groups excluding tert-OH is 1. The molecular weight excluding hydrogens is 616 g/mol. The smallest absolute Gasteiger partial charge is 0.240 e. The van der Waals surface area contributed by atoms with Gasteiger partial charge < -0.3 is 15.7 Å². The van der Waals surface area contributed by atoms with Gasteiger partial charge in [-0.15, -0.1) is 0 Å². The van der Waals surface area contributed by atoms with Crippen LogP contribution in [0.4, 0.5) is 21.8 Å². The minimum Gasteiger partial charge on any atom is -0.394 e. The summed E-state index contributed by atoms with van der Waals surface area (Å²) in [5.74, 6) is 0.378. The van der Waals surface area contributed by atoms with E-state index in [0.29, 0.717) is 26.0 Å². The van der Waals surface area contributed by atoms with Crippen molar-refractivity contribution in [1.82, 2.24) is 14.7 Å². The maximum Gasteiger partial charge on any atom is 0.240 e. The molecule has 32 heavy (non-hydrogen) atoms. The molecule has 3 aromatic rings. The molecule has 0 amide bonds. The lowest BCUT2D eigenvalue weighted by Gasteiger charge is -2.16. The quantitative estimate of drug-likeness (QED) is 0.198. The van der Waals surface area contributed by atoms with Gasteiger partial charge in [0.25, 0.3) is 0 Å². The molecular formula is C20H20BrFIN5O3S. The first-order valence-electron chi connectivity index (χ1n) is 9.38. The molecule has 3 rings (SSSR count). The van der Waals surface area contributed by atoms with Gasteiger partial charge in [-0.3, -0.25) is 0 Å². The van der Waals surface area contributed by atoms with Crippen LogP contribution < -0.4 is 15.4 Å². The number of nitrogens with one attached hydrogen (secondary N) is 3. The number of hydrogen-bond acceptors (Lipinski definition) is 7. The maximum atomic E-state index is 13.0. The number of anilines is 3. The highest BCUT2D eigenvalue weighted by atomic mass is 127. The number of rotatable bonds is 10. The second-order valence-electron chi connectivity index (χ2n) is 6.67. The van der Waals surface area contributed by atoms with Crippen molar-refractivity contribution in [1.29, 1.82) is 0 Å². The highest BCUT2D eigenvalue weighted by Crippen LogP contribution is 2.24. The summed E-state index contributed by atoms with van der Waals surface area (Å²) in [6.45, 7) is -0.0130. The minimum atomic E-state index is -3.79. The number of benzene rings is 2. The lowest BCUT2D eigenvalue weighted by Crippen LogP contribution is -2.26. The predicted molar refractivity (Wildman–Crippen MR) is 133 cm³/mol. The van der Waals surface area contributed by atoms with Gasteiger partial charge in [0, 0.05) is 22.9 Å². The number of aliphatic hydroxyl groups is 1. The van der Waals surface area contributed by atoms with Crippen LogP contribution in [-0.4, -0.2) is 40.6 Å². The highest BCUT2D eigenvalue weighted by Gasteiger charge is 2.15. The third-order valence-corrected chi connectivity index (χ3v) is 7.31. The van der Waals surface area contributed by atoms with Crippen molar-refractivity contribution in [2.24, 2.45) is 0 Å². The van der Waals surface area contributed by atoms with Crippen LogP contribution in [-0.2, 0) is 16.6 Å². The van der Waals surface area contributed by atoms with Crippen LogP contribution in [0.5, 0.6) is 0 Å². The topological polar surface area (TPSA) is 116 Å². The van der Waals surface area contributed by atoms with E-state index in [9.17, 15) is 17.9 Å². The summed E-state index contributed by atoms with van der Waals surface area (Å²) in [5, 5.41) is 15.5. The first-order chi connectivity index (χ1) is 15.3. The molecule has 8 nitrogen and oxygen atoms in total. The molecule has 0 radical (unpaired) electrons. The zero-order chi connectivity index (χ0) is 23.1. The third-order valence-electron chi connectivity index (χ3n) is 4.27. The molecule has 12 heteroatoms. The van der Waals surface area contributed by atoms with E-state index in [1.54, 1.807) is 18.3 Å². The molecule has 0 spiro atoms. The Morgan fingerprint density at radius 3 is 2.62 bits per heavy atom. The van der Waals surface area contributed by atoms with E-state index in [1.807, 2.05) is 0 Å². The van der Waals surface area contributed by atoms with E-state index in [-0.39, 0.29) is 35.9 Å². The summed E-state index contributed by atoms with van der Waals surface area (Å²) in [6.07, 6.45) is 1.56. The molecule has 0 aliphatic heterocycles. The van der Waals surface area contributed by atoms with Crippen LogP contribution in [0, 0.1) is 5.82 Å². The zero-order valence-corrected chi connectivity index (χ0v) is 21.2. The van der Waals surface area contributed by atoms with Crippen molar-refractivity contribution >= 4 is 66.0 Å². The first-order valence-corrected chi connectivity index (χ1v) is 13.2. The average Bonchev–Trinajstić information content (AvgIpc) is 2.79. The van der Waals surface area contributed by atoms with Crippen molar-refractivity contribution < 1.29 is 17.9 Å². The molecule has 0 fully saturated rings. The summed E-state index contributed by atoms with van der Waals surface area (Å²) in [6, 6.07) is 11.7. The molecule has 0 saturated heterocycles. The van der Waals surface area contributed by atoms with Gasteiger partial charge in [-0.2, -0.15) is 4.98 Å². The summed E-state index contributed by atoms with van der Waals surface area (Å²) in [7, 11) is -3.79. The molecule has 0 aliphatic rings. The standard InChI is InChI=1S/C20H20BrFIN5O3S/c21-18-11-24-20(28-19(18)26-16(9-23)12-29)27-15-2-1-3-17(8-15)32(30,31)25-10-13-4-6-14(22)7-5-13/h1-8,11,16,25,29H,9-10,12H2,(H2,24,26,27,28)/t16-/m1/s1. The SMILES string of the molecule is O=S(=O)(NCc1ccc(F)cc1)c1cccc(Nc2ncc(Br)c(N[C@@H](CO)CI)n2)c1. The largest absolute Gasteiger partial charge is 0.394 e. The van der Waals surface area contributed by atoms with Crippen molar-refractivity contribution in [3.63, 3.8) is 0 Å². The Balaban J connectivity index is 1.73. The van der Waals surface area contributed by atoms with Crippen LogP contribution in [0.25, 0.3) is 0 Å². The summed E-state index contributed by atoms with van der Waals surface area (Å²) < 4.78 is 42.2. The average molecular weight is 636 g/mol. The second-order valence-corrected chi connectivity index (χ2v) is 10.2. The highest BCUT2D eigenvalue weighted by molar-refractivity contribution is 14.1. The van der Waals surface area contributed by atoms with Crippen molar-refractivity contribution in [2.75, 3.05) is 21.7 Å². The third kappa shape index (κ3) is 6.81. The van der Waals surface area contributed by atoms with Gasteiger partial charge in [0.05, 0.1) is 22.0 Å². The van der Waals surface area contributed by atoms with Gasteiger partial charge in [0.1, 0.15) is 11.6 Å². The lowest BCUT2D eigenvalue weighted by atomic mass is 10.2. The van der Waals surface area contributed by atoms with Crippen LogP contribution in [0.1, 0.15) is 5.56 Å². The molecule has 1 heterocycles. The minimum absolute atomic E-state index is 0.0357. The van der Waals surface area contributed by atoms with Crippen molar-refractivity contribution in [3.8, 4) is 0 Å². The molecule has 1 aromatic heterocycles. The van der Waals surface area contributed by atoms with Gasteiger partial charge >= 0.3 is 0 Å². The van der Waals surface area contributed by atoms with Crippen LogP contribution >= 0.6 is 38.5 Å². The predicted octanol–water partition coefficient (Wildman–Crippen LogP) is 3.81. The van der Waals surface area contributed by atoms with Crippen LogP contribution in [0.3, 0.4) is 0 Å². The molecule has 0 bridgehead atoms. The van der Waals surface area contributed by atoms with Crippen molar-refractivity contribution in [2.45, 2.75) is 17.5 Å².